The molecule has 2 aromatic carbocycles. The van der Waals surface area contributed by atoms with Crippen molar-refractivity contribution in [2.45, 2.75) is 51.6 Å². The summed E-state index contributed by atoms with van der Waals surface area (Å²) in [5, 5.41) is 3.87. The molecule has 0 radical (unpaired) electrons. The highest BCUT2D eigenvalue weighted by Crippen LogP contribution is 2.33. The Morgan fingerprint density at radius 1 is 0.912 bits per heavy atom. The number of rotatable bonds is 7. The van der Waals surface area contributed by atoms with E-state index in [9.17, 15) is 0 Å². The number of hydrogen-bond acceptors (Lipinski definition) is 4. The second-order valence-corrected chi connectivity index (χ2v) is 10.6. The first-order chi connectivity index (χ1) is 16.7. The van der Waals surface area contributed by atoms with E-state index in [-0.39, 0.29) is 0 Å². The van der Waals surface area contributed by atoms with Crippen LogP contribution in [0.5, 0.6) is 0 Å². The SMILES string of the molecule is CC(C)N1CCCN(CCNC2CCN(c3cccc(C4=Cc5ccccc5C4)c3)CC2)CC1. The van der Waals surface area contributed by atoms with Crippen LogP contribution in [0, 0.1) is 0 Å². The van der Waals surface area contributed by atoms with E-state index in [4.69, 9.17) is 0 Å². The van der Waals surface area contributed by atoms with Gasteiger partial charge >= 0.3 is 0 Å². The van der Waals surface area contributed by atoms with Crippen LogP contribution in [0.3, 0.4) is 0 Å². The fraction of sp³-hybridized carbons (Fsp3) is 0.533. The van der Waals surface area contributed by atoms with Crippen molar-refractivity contribution in [3.63, 3.8) is 0 Å². The van der Waals surface area contributed by atoms with Gasteiger partial charge in [-0.1, -0.05) is 42.5 Å². The zero-order valence-corrected chi connectivity index (χ0v) is 21.2. The molecule has 4 heteroatoms. The van der Waals surface area contributed by atoms with Gasteiger partial charge in [0.1, 0.15) is 0 Å². The minimum absolute atomic E-state index is 0.658. The zero-order chi connectivity index (χ0) is 23.3. The second-order valence-electron chi connectivity index (χ2n) is 10.6. The van der Waals surface area contributed by atoms with E-state index >= 15 is 0 Å². The number of piperidine rings is 1. The Morgan fingerprint density at radius 2 is 1.76 bits per heavy atom. The van der Waals surface area contributed by atoms with Crippen molar-refractivity contribution < 1.29 is 0 Å². The number of allylic oxidation sites excluding steroid dienone is 1. The van der Waals surface area contributed by atoms with Crippen LogP contribution < -0.4 is 10.2 Å². The lowest BCUT2D eigenvalue weighted by molar-refractivity contribution is 0.219. The van der Waals surface area contributed by atoms with Crippen LogP contribution in [0.1, 0.15) is 49.8 Å². The number of nitrogens with one attached hydrogen (secondary N) is 1. The van der Waals surface area contributed by atoms with Crippen molar-refractivity contribution in [3.05, 3.63) is 65.2 Å². The van der Waals surface area contributed by atoms with Crippen LogP contribution in [0.15, 0.2) is 48.5 Å². The molecular formula is C30H42N4. The monoisotopic (exact) mass is 458 g/mol. The van der Waals surface area contributed by atoms with Crippen molar-refractivity contribution in [2.75, 3.05) is 57.3 Å². The topological polar surface area (TPSA) is 21.8 Å². The van der Waals surface area contributed by atoms with Gasteiger partial charge in [0, 0.05) is 57.0 Å². The molecule has 0 amide bonds. The van der Waals surface area contributed by atoms with Gasteiger partial charge in [-0.2, -0.15) is 0 Å². The highest BCUT2D eigenvalue weighted by Gasteiger charge is 2.21. The first-order valence-corrected chi connectivity index (χ1v) is 13.5. The minimum atomic E-state index is 0.658. The van der Waals surface area contributed by atoms with E-state index < -0.39 is 0 Å². The average Bonchev–Trinajstić information content (AvgIpc) is 3.16. The summed E-state index contributed by atoms with van der Waals surface area (Å²) in [6.45, 7) is 14.2. The number of nitrogens with zero attached hydrogens (tertiary/aromatic N) is 3. The van der Waals surface area contributed by atoms with Gasteiger partial charge in [0.2, 0.25) is 0 Å². The quantitative estimate of drug-likeness (QED) is 0.646. The van der Waals surface area contributed by atoms with Crippen LogP contribution in [0.2, 0.25) is 0 Å². The third-order valence-corrected chi connectivity index (χ3v) is 8.06. The lowest BCUT2D eigenvalue weighted by atomic mass is 10.0. The Bertz CT molecular complexity index is 973. The molecule has 2 fully saturated rings. The molecule has 1 N–H and O–H groups in total. The van der Waals surface area contributed by atoms with Crippen LogP contribution in [-0.2, 0) is 6.42 Å². The lowest BCUT2D eigenvalue weighted by Crippen LogP contribution is -2.45. The molecule has 2 aliphatic heterocycles. The normalized spacial score (nSPS) is 20.4. The van der Waals surface area contributed by atoms with Crippen molar-refractivity contribution in [3.8, 4) is 0 Å². The van der Waals surface area contributed by atoms with Crippen LogP contribution in [0.4, 0.5) is 5.69 Å². The van der Waals surface area contributed by atoms with E-state index in [1.807, 2.05) is 0 Å². The standard InChI is InChI=1S/C30H42N4/c1-24(2)33-15-6-14-32(19-20-33)18-13-31-29-11-16-34(17-12-29)30-10-5-9-27(23-30)28-21-25-7-3-4-8-26(25)22-28/h3-5,7-10,21,23-24,29,31H,6,11-20,22H2,1-2H3. The molecule has 182 valence electrons. The highest BCUT2D eigenvalue weighted by atomic mass is 15.2. The number of hydrogen-bond donors (Lipinski definition) is 1. The van der Waals surface area contributed by atoms with E-state index in [1.165, 1.54) is 79.9 Å². The Balaban J connectivity index is 1.07. The molecule has 4 nitrogen and oxygen atoms in total. The predicted octanol–water partition coefficient (Wildman–Crippen LogP) is 4.76. The summed E-state index contributed by atoms with van der Waals surface area (Å²) in [7, 11) is 0. The smallest absolute Gasteiger partial charge is 0.0372 e. The number of anilines is 1. The van der Waals surface area contributed by atoms with E-state index in [1.54, 1.807) is 0 Å². The molecule has 2 heterocycles. The van der Waals surface area contributed by atoms with Gasteiger partial charge in [0.15, 0.2) is 0 Å². The molecule has 5 rings (SSSR count). The number of benzene rings is 2. The molecular weight excluding hydrogens is 416 g/mol. The van der Waals surface area contributed by atoms with E-state index in [2.05, 4.69) is 88.5 Å². The van der Waals surface area contributed by atoms with Crippen LogP contribution in [-0.4, -0.2) is 74.2 Å². The number of fused-ring (bicyclic) bond motifs is 1. The third-order valence-electron chi connectivity index (χ3n) is 8.06. The van der Waals surface area contributed by atoms with Gasteiger partial charge in [0.25, 0.3) is 0 Å². The third kappa shape index (κ3) is 5.73. The summed E-state index contributed by atoms with van der Waals surface area (Å²) in [6.07, 6.45) is 7.20. The largest absolute Gasteiger partial charge is 0.371 e. The summed E-state index contributed by atoms with van der Waals surface area (Å²) >= 11 is 0. The van der Waals surface area contributed by atoms with Gasteiger partial charge < -0.3 is 15.1 Å². The Kier molecular flexibility index (Phi) is 7.68. The average molecular weight is 459 g/mol. The Hall–Kier alpha value is -2.14. The maximum Gasteiger partial charge on any atom is 0.0372 e. The van der Waals surface area contributed by atoms with Gasteiger partial charge in [0.05, 0.1) is 0 Å². The highest BCUT2D eigenvalue weighted by molar-refractivity contribution is 5.89. The predicted molar refractivity (Wildman–Crippen MR) is 145 cm³/mol. The fourth-order valence-electron chi connectivity index (χ4n) is 5.87. The van der Waals surface area contributed by atoms with Crippen molar-refractivity contribution in [2.24, 2.45) is 0 Å². The molecule has 3 aliphatic rings. The van der Waals surface area contributed by atoms with Crippen LogP contribution >= 0.6 is 0 Å². The summed E-state index contributed by atoms with van der Waals surface area (Å²) in [5.41, 5.74) is 7.04. The second kappa shape index (κ2) is 11.1. The lowest BCUT2D eigenvalue weighted by Gasteiger charge is -2.34. The molecule has 0 spiro atoms. The molecule has 0 atom stereocenters. The molecule has 2 aromatic rings. The van der Waals surface area contributed by atoms with Gasteiger partial charge in [-0.3, -0.25) is 4.90 Å². The van der Waals surface area contributed by atoms with Crippen molar-refractivity contribution in [1.82, 2.24) is 15.1 Å². The van der Waals surface area contributed by atoms with Crippen molar-refractivity contribution in [1.29, 1.82) is 0 Å². The molecule has 0 bridgehead atoms. The molecule has 0 unspecified atom stereocenters. The van der Waals surface area contributed by atoms with E-state index in [0.29, 0.717) is 12.1 Å². The summed E-state index contributed by atoms with van der Waals surface area (Å²) in [5.74, 6) is 0. The first kappa shape index (κ1) is 23.6. The maximum absolute atomic E-state index is 3.87. The molecule has 0 aromatic heterocycles. The zero-order valence-electron chi connectivity index (χ0n) is 21.2. The molecule has 34 heavy (non-hydrogen) atoms. The maximum atomic E-state index is 3.87. The summed E-state index contributed by atoms with van der Waals surface area (Å²) < 4.78 is 0. The minimum Gasteiger partial charge on any atom is -0.371 e. The van der Waals surface area contributed by atoms with E-state index in [0.717, 1.165) is 26.1 Å². The fourth-order valence-corrected chi connectivity index (χ4v) is 5.87. The van der Waals surface area contributed by atoms with Crippen molar-refractivity contribution >= 4 is 17.3 Å². The van der Waals surface area contributed by atoms with Gasteiger partial charge in [-0.05, 0) is 87.0 Å². The first-order valence-electron chi connectivity index (χ1n) is 13.5. The Labute approximate surface area is 206 Å². The van der Waals surface area contributed by atoms with Gasteiger partial charge in [-0.25, -0.2) is 0 Å². The molecule has 2 saturated heterocycles. The summed E-state index contributed by atoms with van der Waals surface area (Å²) in [4.78, 5) is 7.87. The summed E-state index contributed by atoms with van der Waals surface area (Å²) in [6, 6.07) is 19.3. The Morgan fingerprint density at radius 3 is 2.59 bits per heavy atom. The van der Waals surface area contributed by atoms with Gasteiger partial charge in [-0.15, -0.1) is 0 Å². The molecule has 1 aliphatic carbocycles. The molecule has 0 saturated carbocycles. The van der Waals surface area contributed by atoms with Crippen LogP contribution in [0.25, 0.3) is 11.6 Å².